The summed E-state index contributed by atoms with van der Waals surface area (Å²) >= 11 is 0. The molecule has 0 saturated carbocycles. The van der Waals surface area contributed by atoms with E-state index in [1.807, 2.05) is 61.5 Å². The van der Waals surface area contributed by atoms with Crippen molar-refractivity contribution in [2.75, 3.05) is 6.61 Å². The first-order chi connectivity index (χ1) is 15.1. The molecule has 0 radical (unpaired) electrons. The van der Waals surface area contributed by atoms with Gasteiger partial charge in [-0.2, -0.15) is 0 Å². The fourth-order valence-electron chi connectivity index (χ4n) is 4.22. The first-order valence-electron chi connectivity index (χ1n) is 11.3. The van der Waals surface area contributed by atoms with Crippen LogP contribution in [0, 0.1) is 0 Å². The van der Waals surface area contributed by atoms with E-state index in [0.29, 0.717) is 13.2 Å². The van der Waals surface area contributed by atoms with E-state index in [1.54, 1.807) is 0 Å². The maximum Gasteiger partial charge on any atom is 0.251 e. The largest absolute Gasteiger partial charge is 0.324 e. The number of nitrogens with one attached hydrogen (secondary N) is 1. The predicted octanol–water partition coefficient (Wildman–Crippen LogP) is 6.55. The number of benzene rings is 3. The average molecular weight is 436 g/mol. The highest BCUT2D eigenvalue weighted by Crippen LogP contribution is 2.60. The van der Waals surface area contributed by atoms with Gasteiger partial charge in [0, 0.05) is 11.8 Å². The molecule has 0 spiro atoms. The topological polar surface area (TPSA) is 38.3 Å². The molecule has 0 aliphatic rings. The molecule has 0 fully saturated rings. The second-order valence-corrected chi connectivity index (χ2v) is 10.6. The van der Waals surface area contributed by atoms with Gasteiger partial charge in [-0.05, 0) is 49.4 Å². The van der Waals surface area contributed by atoms with Gasteiger partial charge < -0.3 is 4.52 Å². The third kappa shape index (κ3) is 5.74. The van der Waals surface area contributed by atoms with Crippen molar-refractivity contribution in [3.05, 3.63) is 102 Å². The highest BCUT2D eigenvalue weighted by Gasteiger charge is 2.49. The average Bonchev–Trinajstić information content (AvgIpc) is 2.83. The highest BCUT2D eigenvalue weighted by molar-refractivity contribution is 7.68. The van der Waals surface area contributed by atoms with Gasteiger partial charge in [-0.3, -0.25) is 9.88 Å². The van der Waals surface area contributed by atoms with Crippen molar-refractivity contribution in [1.29, 1.82) is 0 Å². The minimum atomic E-state index is -3.21. The van der Waals surface area contributed by atoms with E-state index < -0.39 is 12.6 Å². The first-order valence-corrected chi connectivity index (χ1v) is 12.9. The summed E-state index contributed by atoms with van der Waals surface area (Å²) in [5, 5.41) is 3.90. The molecule has 4 heteroatoms. The van der Waals surface area contributed by atoms with Crippen molar-refractivity contribution in [3.63, 3.8) is 0 Å². The van der Waals surface area contributed by atoms with Crippen LogP contribution in [0.5, 0.6) is 0 Å². The molecule has 31 heavy (non-hydrogen) atoms. The Bertz CT molecular complexity index is 901. The minimum Gasteiger partial charge on any atom is -0.324 e. The molecule has 0 saturated heterocycles. The van der Waals surface area contributed by atoms with Crippen molar-refractivity contribution in [2.45, 2.75) is 51.4 Å². The Labute approximate surface area is 187 Å². The SMILES string of the molecule is CCCC(CCc1ccccc1)(NCc1ccccc1)P(=O)(OCC)c1ccccc1. The maximum absolute atomic E-state index is 14.8. The molecule has 0 aromatic heterocycles. The van der Waals surface area contributed by atoms with E-state index in [-0.39, 0.29) is 0 Å². The zero-order valence-electron chi connectivity index (χ0n) is 18.7. The molecule has 0 aliphatic heterocycles. The van der Waals surface area contributed by atoms with Crippen LogP contribution in [0.2, 0.25) is 0 Å². The van der Waals surface area contributed by atoms with Crippen LogP contribution in [0.4, 0.5) is 0 Å². The van der Waals surface area contributed by atoms with Crippen LogP contribution in [0.15, 0.2) is 91.0 Å². The summed E-state index contributed by atoms with van der Waals surface area (Å²) in [5.41, 5.74) is 2.43. The molecule has 2 atom stereocenters. The summed E-state index contributed by atoms with van der Waals surface area (Å²) in [6.45, 7) is 5.15. The molecule has 2 unspecified atom stereocenters. The Kier molecular flexibility index (Phi) is 8.66. The van der Waals surface area contributed by atoms with Crippen LogP contribution >= 0.6 is 7.37 Å². The molecule has 1 N–H and O–H groups in total. The lowest BCUT2D eigenvalue weighted by Crippen LogP contribution is -2.48. The molecule has 3 aromatic carbocycles. The Hall–Kier alpha value is -2.19. The number of hydrogen-bond acceptors (Lipinski definition) is 3. The van der Waals surface area contributed by atoms with E-state index in [0.717, 1.165) is 31.0 Å². The summed E-state index contributed by atoms with van der Waals surface area (Å²) in [6.07, 6.45) is 3.27. The van der Waals surface area contributed by atoms with Gasteiger partial charge >= 0.3 is 0 Å². The third-order valence-electron chi connectivity index (χ3n) is 5.77. The summed E-state index contributed by atoms with van der Waals surface area (Å²) in [5.74, 6) is 0. The Morgan fingerprint density at radius 3 is 1.87 bits per heavy atom. The summed E-state index contributed by atoms with van der Waals surface area (Å²) < 4.78 is 21.0. The van der Waals surface area contributed by atoms with Crippen LogP contribution in [0.25, 0.3) is 0 Å². The second-order valence-electron chi connectivity index (χ2n) is 7.91. The van der Waals surface area contributed by atoms with Crippen molar-refractivity contribution in [2.24, 2.45) is 0 Å². The van der Waals surface area contributed by atoms with Gasteiger partial charge in [0.2, 0.25) is 0 Å². The third-order valence-corrected chi connectivity index (χ3v) is 9.10. The molecule has 0 heterocycles. The van der Waals surface area contributed by atoms with E-state index in [9.17, 15) is 4.57 Å². The van der Waals surface area contributed by atoms with Crippen LogP contribution < -0.4 is 10.6 Å². The van der Waals surface area contributed by atoms with Gasteiger partial charge in [0.05, 0.1) is 6.61 Å². The van der Waals surface area contributed by atoms with Gasteiger partial charge in [0.25, 0.3) is 7.37 Å². The van der Waals surface area contributed by atoms with E-state index in [4.69, 9.17) is 4.52 Å². The Morgan fingerprint density at radius 2 is 1.32 bits per heavy atom. The van der Waals surface area contributed by atoms with Gasteiger partial charge in [-0.25, -0.2) is 0 Å². The normalized spacial score (nSPS) is 15.2. The molecule has 0 aliphatic carbocycles. The van der Waals surface area contributed by atoms with E-state index >= 15 is 0 Å². The summed E-state index contributed by atoms with van der Waals surface area (Å²) in [4.78, 5) is 0. The molecule has 3 nitrogen and oxygen atoms in total. The molecular weight excluding hydrogens is 401 g/mol. The lowest BCUT2D eigenvalue weighted by molar-refractivity contribution is 0.279. The number of aryl methyl sites for hydroxylation is 1. The van der Waals surface area contributed by atoms with Crippen LogP contribution in [0.1, 0.15) is 44.2 Å². The Balaban J connectivity index is 2.03. The second kappa shape index (κ2) is 11.4. The molecular formula is C27H34NO2P. The maximum atomic E-state index is 14.8. The lowest BCUT2D eigenvalue weighted by Gasteiger charge is -2.41. The minimum absolute atomic E-state index is 0.413. The van der Waals surface area contributed by atoms with Crippen LogP contribution in [0.3, 0.4) is 0 Å². The van der Waals surface area contributed by atoms with E-state index in [2.05, 4.69) is 48.6 Å². The zero-order valence-corrected chi connectivity index (χ0v) is 19.6. The smallest absolute Gasteiger partial charge is 0.251 e. The number of hydrogen-bond donors (Lipinski definition) is 1. The fraction of sp³-hybridized carbons (Fsp3) is 0.333. The Morgan fingerprint density at radius 1 is 0.774 bits per heavy atom. The monoisotopic (exact) mass is 435 g/mol. The lowest BCUT2D eigenvalue weighted by atomic mass is 10.0. The van der Waals surface area contributed by atoms with Crippen molar-refractivity contribution in [3.8, 4) is 0 Å². The van der Waals surface area contributed by atoms with Crippen molar-refractivity contribution < 1.29 is 9.09 Å². The molecule has 3 rings (SSSR count). The van der Waals surface area contributed by atoms with Gasteiger partial charge in [0.15, 0.2) is 0 Å². The first kappa shape index (κ1) is 23.5. The standard InChI is InChI=1S/C27H34NO2P/c1-3-21-27(22-20-24-14-8-5-9-15-24,28-23-25-16-10-6-11-17-25)31(29,30-4-2)26-18-12-7-13-19-26/h5-19,28H,3-4,20-23H2,1-2H3. The quantitative estimate of drug-likeness (QED) is 0.328. The van der Waals surface area contributed by atoms with Crippen molar-refractivity contribution >= 4 is 12.7 Å². The van der Waals surface area contributed by atoms with Gasteiger partial charge in [0.1, 0.15) is 5.28 Å². The zero-order chi connectivity index (χ0) is 22.0. The fourth-order valence-corrected chi connectivity index (χ4v) is 7.25. The van der Waals surface area contributed by atoms with Crippen LogP contribution in [-0.4, -0.2) is 11.9 Å². The van der Waals surface area contributed by atoms with Gasteiger partial charge in [-0.1, -0.05) is 92.2 Å². The van der Waals surface area contributed by atoms with Crippen molar-refractivity contribution in [1.82, 2.24) is 5.32 Å². The molecule has 164 valence electrons. The van der Waals surface area contributed by atoms with Crippen LogP contribution in [-0.2, 0) is 22.1 Å². The number of rotatable bonds is 12. The van der Waals surface area contributed by atoms with E-state index in [1.165, 1.54) is 11.1 Å². The summed E-state index contributed by atoms with van der Waals surface area (Å²) in [7, 11) is -3.21. The molecule has 0 bridgehead atoms. The molecule has 3 aromatic rings. The van der Waals surface area contributed by atoms with Gasteiger partial charge in [-0.15, -0.1) is 0 Å². The summed E-state index contributed by atoms with van der Waals surface area (Å²) in [6, 6.07) is 30.5. The molecule has 0 amide bonds. The highest BCUT2D eigenvalue weighted by atomic mass is 31.2. The predicted molar refractivity (Wildman–Crippen MR) is 131 cm³/mol.